The van der Waals surface area contributed by atoms with Gasteiger partial charge in [0, 0.05) is 26.6 Å². The fraction of sp³-hybridized carbons (Fsp3) is 0.600. The predicted octanol–water partition coefficient (Wildman–Crippen LogP) is 2.35. The molecule has 0 bridgehead atoms. The van der Waals surface area contributed by atoms with E-state index in [9.17, 15) is 4.79 Å². The lowest BCUT2D eigenvalue weighted by Crippen LogP contribution is -2.48. The Morgan fingerprint density at radius 2 is 2.19 bits per heavy atom. The van der Waals surface area contributed by atoms with Crippen LogP contribution in [0.5, 0.6) is 5.75 Å². The Bertz CT molecular complexity index is 616. The first-order valence-corrected chi connectivity index (χ1v) is 9.47. The number of hydrogen-bond acceptors (Lipinski definition) is 3. The third kappa shape index (κ3) is 5.93. The molecule has 2 rings (SSSR count). The van der Waals surface area contributed by atoms with Crippen molar-refractivity contribution in [3.8, 4) is 5.75 Å². The number of guanidine groups is 1. The van der Waals surface area contributed by atoms with Crippen LogP contribution in [0.4, 0.5) is 0 Å². The minimum Gasteiger partial charge on any atom is -0.491 e. The van der Waals surface area contributed by atoms with Gasteiger partial charge >= 0.3 is 0 Å². The SMILES string of the molecule is CN=C(NCCOc1ccccc1C(C)C)N1CCCC(CC(N)=O)C1. The van der Waals surface area contributed by atoms with Gasteiger partial charge in [-0.1, -0.05) is 32.0 Å². The number of piperidine rings is 1. The monoisotopic (exact) mass is 360 g/mol. The average molecular weight is 361 g/mol. The molecule has 1 fully saturated rings. The van der Waals surface area contributed by atoms with Crippen LogP contribution in [0.2, 0.25) is 0 Å². The van der Waals surface area contributed by atoms with Crippen LogP contribution in [-0.4, -0.2) is 50.1 Å². The summed E-state index contributed by atoms with van der Waals surface area (Å²) >= 11 is 0. The van der Waals surface area contributed by atoms with Crippen molar-refractivity contribution < 1.29 is 9.53 Å². The molecule has 1 aliphatic heterocycles. The Kier molecular flexibility index (Phi) is 7.75. The van der Waals surface area contributed by atoms with Crippen LogP contribution in [-0.2, 0) is 4.79 Å². The topological polar surface area (TPSA) is 80.0 Å². The Labute approximate surface area is 156 Å². The summed E-state index contributed by atoms with van der Waals surface area (Å²) in [6.07, 6.45) is 2.55. The van der Waals surface area contributed by atoms with Gasteiger partial charge in [0.15, 0.2) is 5.96 Å². The number of aliphatic imine (C=N–C) groups is 1. The molecule has 0 radical (unpaired) electrons. The number of nitrogens with two attached hydrogens (primary N) is 1. The lowest BCUT2D eigenvalue weighted by molar-refractivity contribution is -0.119. The molecular weight excluding hydrogens is 328 g/mol. The van der Waals surface area contributed by atoms with Crippen LogP contribution < -0.4 is 15.8 Å². The van der Waals surface area contributed by atoms with E-state index in [1.807, 2.05) is 18.2 Å². The number of benzene rings is 1. The van der Waals surface area contributed by atoms with Crippen molar-refractivity contribution in [2.45, 2.75) is 39.0 Å². The minimum absolute atomic E-state index is 0.225. The van der Waals surface area contributed by atoms with Gasteiger partial charge in [-0.05, 0) is 36.3 Å². The molecule has 3 N–H and O–H groups in total. The second-order valence-corrected chi connectivity index (χ2v) is 7.14. The van der Waals surface area contributed by atoms with Gasteiger partial charge in [-0.15, -0.1) is 0 Å². The summed E-state index contributed by atoms with van der Waals surface area (Å²) < 4.78 is 5.96. The van der Waals surface area contributed by atoms with Gasteiger partial charge in [0.05, 0.1) is 6.54 Å². The largest absolute Gasteiger partial charge is 0.491 e. The van der Waals surface area contributed by atoms with Gasteiger partial charge in [0.2, 0.25) is 5.91 Å². The highest BCUT2D eigenvalue weighted by molar-refractivity contribution is 5.80. The van der Waals surface area contributed by atoms with Crippen molar-refractivity contribution in [3.63, 3.8) is 0 Å². The molecule has 0 saturated carbocycles. The molecular formula is C20H32N4O2. The van der Waals surface area contributed by atoms with E-state index in [2.05, 4.69) is 35.1 Å². The van der Waals surface area contributed by atoms with Crippen molar-refractivity contribution in [1.29, 1.82) is 0 Å². The summed E-state index contributed by atoms with van der Waals surface area (Å²) in [6.45, 7) is 7.35. The van der Waals surface area contributed by atoms with E-state index in [0.717, 1.165) is 37.6 Å². The second kappa shape index (κ2) is 10.0. The highest BCUT2D eigenvalue weighted by Crippen LogP contribution is 2.25. The molecule has 1 aliphatic rings. The quantitative estimate of drug-likeness (QED) is 0.444. The summed E-state index contributed by atoms with van der Waals surface area (Å²) in [5.41, 5.74) is 6.57. The fourth-order valence-electron chi connectivity index (χ4n) is 3.45. The number of primary amides is 1. The maximum absolute atomic E-state index is 11.2. The maximum Gasteiger partial charge on any atom is 0.217 e. The van der Waals surface area contributed by atoms with E-state index in [1.54, 1.807) is 7.05 Å². The van der Waals surface area contributed by atoms with Gasteiger partial charge < -0.3 is 20.7 Å². The molecule has 0 aliphatic carbocycles. The number of nitrogens with zero attached hydrogens (tertiary/aromatic N) is 2. The van der Waals surface area contributed by atoms with E-state index in [4.69, 9.17) is 10.5 Å². The first-order valence-electron chi connectivity index (χ1n) is 9.47. The average Bonchev–Trinajstić information content (AvgIpc) is 2.61. The Balaban J connectivity index is 1.81. The predicted molar refractivity (Wildman–Crippen MR) is 105 cm³/mol. The lowest BCUT2D eigenvalue weighted by Gasteiger charge is -2.34. The number of rotatable bonds is 7. The lowest BCUT2D eigenvalue weighted by atomic mass is 9.95. The molecule has 1 saturated heterocycles. The molecule has 1 heterocycles. The summed E-state index contributed by atoms with van der Waals surface area (Å²) in [6, 6.07) is 8.17. The molecule has 6 heteroatoms. The van der Waals surface area contributed by atoms with E-state index in [-0.39, 0.29) is 5.91 Å². The van der Waals surface area contributed by atoms with E-state index in [1.165, 1.54) is 5.56 Å². The Morgan fingerprint density at radius 3 is 2.88 bits per heavy atom. The summed E-state index contributed by atoms with van der Waals surface area (Å²) in [5.74, 6) is 2.33. The molecule has 1 atom stereocenters. The van der Waals surface area contributed by atoms with Crippen LogP contribution in [0.1, 0.15) is 44.6 Å². The number of hydrogen-bond donors (Lipinski definition) is 2. The zero-order chi connectivity index (χ0) is 18.9. The standard InChI is InChI=1S/C20H32N4O2/c1-15(2)17-8-4-5-9-18(17)26-12-10-23-20(22-3)24-11-6-7-16(14-24)13-19(21)25/h4-5,8-9,15-16H,6-7,10-14H2,1-3H3,(H2,21,25)(H,22,23). The number of likely N-dealkylation sites (tertiary alicyclic amines) is 1. The molecule has 1 amide bonds. The number of amides is 1. The van der Waals surface area contributed by atoms with Gasteiger partial charge in [0.25, 0.3) is 0 Å². The molecule has 1 aromatic carbocycles. The normalized spacial score (nSPS) is 18.1. The van der Waals surface area contributed by atoms with Gasteiger partial charge in [-0.3, -0.25) is 9.79 Å². The third-order valence-electron chi connectivity index (χ3n) is 4.70. The highest BCUT2D eigenvalue weighted by atomic mass is 16.5. The van der Waals surface area contributed by atoms with Gasteiger partial charge in [-0.2, -0.15) is 0 Å². The van der Waals surface area contributed by atoms with Crippen LogP contribution in [0.25, 0.3) is 0 Å². The molecule has 26 heavy (non-hydrogen) atoms. The van der Waals surface area contributed by atoms with Crippen LogP contribution >= 0.6 is 0 Å². The molecule has 6 nitrogen and oxygen atoms in total. The van der Waals surface area contributed by atoms with Crippen LogP contribution in [0, 0.1) is 5.92 Å². The van der Waals surface area contributed by atoms with E-state index < -0.39 is 0 Å². The Morgan fingerprint density at radius 1 is 1.42 bits per heavy atom. The van der Waals surface area contributed by atoms with Crippen molar-refractivity contribution in [3.05, 3.63) is 29.8 Å². The molecule has 0 spiro atoms. The maximum atomic E-state index is 11.2. The highest BCUT2D eigenvalue weighted by Gasteiger charge is 2.23. The fourth-order valence-corrected chi connectivity index (χ4v) is 3.45. The molecule has 0 aromatic heterocycles. The van der Waals surface area contributed by atoms with Crippen LogP contribution in [0.15, 0.2) is 29.3 Å². The summed E-state index contributed by atoms with van der Waals surface area (Å²) in [5, 5.41) is 3.37. The Hall–Kier alpha value is -2.24. The van der Waals surface area contributed by atoms with Gasteiger partial charge in [0.1, 0.15) is 12.4 Å². The number of ether oxygens (including phenoxy) is 1. The first-order chi connectivity index (χ1) is 12.5. The summed E-state index contributed by atoms with van der Waals surface area (Å²) in [7, 11) is 1.79. The van der Waals surface area contributed by atoms with Crippen molar-refractivity contribution in [2.24, 2.45) is 16.6 Å². The van der Waals surface area contributed by atoms with Gasteiger partial charge in [-0.25, -0.2) is 0 Å². The molecule has 1 aromatic rings. The minimum atomic E-state index is -0.225. The smallest absolute Gasteiger partial charge is 0.217 e. The number of nitrogens with one attached hydrogen (secondary N) is 1. The zero-order valence-corrected chi connectivity index (χ0v) is 16.2. The third-order valence-corrected chi connectivity index (χ3v) is 4.70. The first kappa shape index (κ1) is 20.1. The van der Waals surface area contributed by atoms with E-state index in [0.29, 0.717) is 31.4 Å². The van der Waals surface area contributed by atoms with Crippen molar-refractivity contribution >= 4 is 11.9 Å². The second-order valence-electron chi connectivity index (χ2n) is 7.14. The van der Waals surface area contributed by atoms with Crippen molar-refractivity contribution in [1.82, 2.24) is 10.2 Å². The molecule has 1 unspecified atom stereocenters. The van der Waals surface area contributed by atoms with Crippen LogP contribution in [0.3, 0.4) is 0 Å². The molecule has 144 valence electrons. The van der Waals surface area contributed by atoms with E-state index >= 15 is 0 Å². The number of para-hydroxylation sites is 1. The van der Waals surface area contributed by atoms with Crippen molar-refractivity contribution in [2.75, 3.05) is 33.3 Å². The zero-order valence-electron chi connectivity index (χ0n) is 16.2. The summed E-state index contributed by atoms with van der Waals surface area (Å²) in [4.78, 5) is 17.8. The number of carbonyl (C=O) groups is 1. The number of carbonyl (C=O) groups excluding carboxylic acids is 1.